The van der Waals surface area contributed by atoms with Gasteiger partial charge in [-0.25, -0.2) is 0 Å². The third-order valence-corrected chi connectivity index (χ3v) is 6.74. The fourth-order valence-corrected chi connectivity index (χ4v) is 4.94. The van der Waals surface area contributed by atoms with Gasteiger partial charge in [-0.3, -0.25) is 9.79 Å². The SMILES string of the molecule is CCNC(=NCC1(SCC)CCOCC1)N1CCN(C(=O)c2ccco2)CC1. The van der Waals surface area contributed by atoms with E-state index in [-0.39, 0.29) is 10.7 Å². The number of carbonyl (C=O) groups excluding carboxylic acids is 1. The first-order valence-corrected chi connectivity index (χ1v) is 11.2. The Kier molecular flexibility index (Phi) is 7.67. The van der Waals surface area contributed by atoms with Gasteiger partial charge in [-0.1, -0.05) is 6.92 Å². The van der Waals surface area contributed by atoms with Crippen LogP contribution in [0.3, 0.4) is 0 Å². The second-order valence-corrected chi connectivity index (χ2v) is 8.89. The van der Waals surface area contributed by atoms with Crippen LogP contribution >= 0.6 is 11.8 Å². The van der Waals surface area contributed by atoms with Crippen molar-refractivity contribution in [1.82, 2.24) is 15.1 Å². The van der Waals surface area contributed by atoms with Crippen LogP contribution in [0.4, 0.5) is 0 Å². The maximum atomic E-state index is 12.5. The van der Waals surface area contributed by atoms with Gasteiger partial charge in [-0.2, -0.15) is 11.8 Å². The zero-order valence-corrected chi connectivity index (χ0v) is 17.8. The molecule has 2 aliphatic rings. The summed E-state index contributed by atoms with van der Waals surface area (Å²) >= 11 is 2.01. The van der Waals surface area contributed by atoms with Crippen molar-refractivity contribution >= 4 is 23.6 Å². The van der Waals surface area contributed by atoms with Crippen molar-refractivity contribution in [2.75, 3.05) is 58.2 Å². The molecule has 0 aromatic carbocycles. The van der Waals surface area contributed by atoms with Crippen molar-refractivity contribution in [3.8, 4) is 0 Å². The number of nitrogens with one attached hydrogen (secondary N) is 1. The third kappa shape index (κ3) is 5.23. The van der Waals surface area contributed by atoms with Gasteiger partial charge in [0.25, 0.3) is 5.91 Å². The van der Waals surface area contributed by atoms with Crippen LogP contribution < -0.4 is 5.32 Å². The molecule has 1 N–H and O–H groups in total. The molecule has 0 atom stereocenters. The highest BCUT2D eigenvalue weighted by atomic mass is 32.2. The molecule has 1 aromatic rings. The van der Waals surface area contributed by atoms with Gasteiger partial charge in [0.15, 0.2) is 11.7 Å². The van der Waals surface area contributed by atoms with E-state index >= 15 is 0 Å². The Hall–Kier alpha value is -1.67. The molecule has 3 heterocycles. The van der Waals surface area contributed by atoms with Crippen molar-refractivity contribution < 1.29 is 13.9 Å². The Morgan fingerprint density at radius 2 is 1.93 bits per heavy atom. The summed E-state index contributed by atoms with van der Waals surface area (Å²) in [6.45, 7) is 10.5. The molecule has 2 saturated heterocycles. The summed E-state index contributed by atoms with van der Waals surface area (Å²) in [5.41, 5.74) is 0. The maximum Gasteiger partial charge on any atom is 0.289 e. The number of furan rings is 1. The Morgan fingerprint density at radius 1 is 1.21 bits per heavy atom. The van der Waals surface area contributed by atoms with E-state index in [4.69, 9.17) is 14.1 Å². The molecule has 0 unspecified atom stereocenters. The highest BCUT2D eigenvalue weighted by molar-refractivity contribution is 8.00. The highest BCUT2D eigenvalue weighted by Crippen LogP contribution is 2.35. The van der Waals surface area contributed by atoms with Crippen LogP contribution in [0.5, 0.6) is 0 Å². The summed E-state index contributed by atoms with van der Waals surface area (Å²) in [6, 6.07) is 3.47. The number of thioether (sulfide) groups is 1. The van der Waals surface area contributed by atoms with E-state index in [0.29, 0.717) is 18.8 Å². The molecule has 1 aromatic heterocycles. The number of rotatable bonds is 6. The predicted octanol–water partition coefficient (Wildman–Crippen LogP) is 2.31. The van der Waals surface area contributed by atoms with E-state index in [1.807, 2.05) is 16.7 Å². The van der Waals surface area contributed by atoms with Gasteiger partial charge in [0, 0.05) is 50.7 Å². The predicted molar refractivity (Wildman–Crippen MR) is 113 cm³/mol. The standard InChI is InChI=1S/C20H32N4O3S/c1-3-21-19(22-16-20(28-4-2)7-14-26-15-8-20)24-11-9-23(10-12-24)18(25)17-6-5-13-27-17/h5-6,13H,3-4,7-12,14-16H2,1-2H3,(H,21,22). The minimum Gasteiger partial charge on any atom is -0.459 e. The van der Waals surface area contributed by atoms with Gasteiger partial charge >= 0.3 is 0 Å². The Morgan fingerprint density at radius 3 is 2.54 bits per heavy atom. The second-order valence-electron chi connectivity index (χ2n) is 7.16. The lowest BCUT2D eigenvalue weighted by Gasteiger charge is -2.38. The monoisotopic (exact) mass is 408 g/mol. The summed E-state index contributed by atoms with van der Waals surface area (Å²) in [6.07, 6.45) is 3.65. The summed E-state index contributed by atoms with van der Waals surface area (Å²) in [7, 11) is 0. The molecule has 0 aliphatic carbocycles. The molecule has 156 valence electrons. The first-order valence-electron chi connectivity index (χ1n) is 10.2. The summed E-state index contributed by atoms with van der Waals surface area (Å²) in [5.74, 6) is 2.42. The van der Waals surface area contributed by atoms with Gasteiger partial charge in [0.05, 0.1) is 12.8 Å². The van der Waals surface area contributed by atoms with Gasteiger partial charge in [-0.05, 0) is 37.7 Å². The average Bonchev–Trinajstić information content (AvgIpc) is 3.27. The van der Waals surface area contributed by atoms with E-state index in [9.17, 15) is 4.79 Å². The number of amides is 1. The maximum absolute atomic E-state index is 12.5. The highest BCUT2D eigenvalue weighted by Gasteiger charge is 2.33. The first kappa shape index (κ1) is 21.0. The van der Waals surface area contributed by atoms with Crippen molar-refractivity contribution in [1.29, 1.82) is 0 Å². The van der Waals surface area contributed by atoms with Crippen molar-refractivity contribution in [2.45, 2.75) is 31.4 Å². The van der Waals surface area contributed by atoms with E-state index in [0.717, 1.165) is 63.9 Å². The van der Waals surface area contributed by atoms with Crippen LogP contribution in [0.1, 0.15) is 37.2 Å². The van der Waals surface area contributed by atoms with E-state index in [1.54, 1.807) is 18.4 Å². The fourth-order valence-electron chi connectivity index (χ4n) is 3.72. The zero-order valence-electron chi connectivity index (χ0n) is 17.0. The Labute approximate surface area is 171 Å². The molecule has 3 rings (SSSR count). The van der Waals surface area contributed by atoms with Gasteiger partial charge in [0.2, 0.25) is 0 Å². The summed E-state index contributed by atoms with van der Waals surface area (Å²) in [5, 5.41) is 3.44. The van der Waals surface area contributed by atoms with Crippen molar-refractivity contribution in [3.63, 3.8) is 0 Å². The van der Waals surface area contributed by atoms with Gasteiger partial charge in [-0.15, -0.1) is 0 Å². The topological polar surface area (TPSA) is 70.3 Å². The molecule has 0 saturated carbocycles. The van der Waals surface area contributed by atoms with E-state index in [2.05, 4.69) is 24.1 Å². The first-order chi connectivity index (χ1) is 13.7. The van der Waals surface area contributed by atoms with E-state index < -0.39 is 0 Å². The molecule has 7 nitrogen and oxygen atoms in total. The number of piperazine rings is 1. The molecule has 0 spiro atoms. The van der Waals surface area contributed by atoms with Crippen molar-refractivity contribution in [3.05, 3.63) is 24.2 Å². The molecule has 1 amide bonds. The molecular weight excluding hydrogens is 376 g/mol. The minimum atomic E-state index is -0.0351. The van der Waals surface area contributed by atoms with Crippen LogP contribution in [0, 0.1) is 0 Å². The van der Waals surface area contributed by atoms with Gasteiger partial charge < -0.3 is 24.3 Å². The molecule has 8 heteroatoms. The third-order valence-electron chi connectivity index (χ3n) is 5.30. The second kappa shape index (κ2) is 10.2. The summed E-state index contributed by atoms with van der Waals surface area (Å²) < 4.78 is 11.0. The number of carbonyl (C=O) groups is 1. The van der Waals surface area contributed by atoms with Crippen LogP contribution in [0.25, 0.3) is 0 Å². The molecule has 2 fully saturated rings. The number of hydrogen-bond acceptors (Lipinski definition) is 5. The molecule has 0 bridgehead atoms. The lowest BCUT2D eigenvalue weighted by molar-refractivity contribution is 0.0657. The lowest BCUT2D eigenvalue weighted by Crippen LogP contribution is -2.54. The van der Waals surface area contributed by atoms with Crippen molar-refractivity contribution in [2.24, 2.45) is 4.99 Å². The lowest BCUT2D eigenvalue weighted by atomic mass is 9.99. The minimum absolute atomic E-state index is 0.0351. The summed E-state index contributed by atoms with van der Waals surface area (Å²) in [4.78, 5) is 21.6. The quantitative estimate of drug-likeness (QED) is 0.575. The Bertz CT molecular complexity index is 630. The largest absolute Gasteiger partial charge is 0.459 e. The normalized spacial score (nSPS) is 20.3. The van der Waals surface area contributed by atoms with E-state index in [1.165, 1.54) is 0 Å². The Balaban J connectivity index is 1.60. The zero-order chi connectivity index (χ0) is 19.8. The van der Waals surface area contributed by atoms with Crippen LogP contribution in [-0.4, -0.2) is 84.6 Å². The number of guanidine groups is 1. The molecule has 28 heavy (non-hydrogen) atoms. The smallest absolute Gasteiger partial charge is 0.289 e. The number of aliphatic imine (C=N–C) groups is 1. The number of hydrogen-bond donors (Lipinski definition) is 1. The number of nitrogens with zero attached hydrogens (tertiary/aromatic N) is 3. The van der Waals surface area contributed by atoms with Crippen LogP contribution in [-0.2, 0) is 4.74 Å². The fraction of sp³-hybridized carbons (Fsp3) is 0.700. The molecule has 0 radical (unpaired) electrons. The van der Waals surface area contributed by atoms with Crippen LogP contribution in [0.15, 0.2) is 27.8 Å². The van der Waals surface area contributed by atoms with Gasteiger partial charge in [0.1, 0.15) is 0 Å². The van der Waals surface area contributed by atoms with Crippen LogP contribution in [0.2, 0.25) is 0 Å². The molecule has 2 aliphatic heterocycles. The average molecular weight is 409 g/mol. The molecular formula is C20H32N4O3S. The number of ether oxygens (including phenoxy) is 1.